The second-order valence-electron chi connectivity index (χ2n) is 6.62. The van der Waals surface area contributed by atoms with E-state index in [2.05, 4.69) is 20.8 Å². The van der Waals surface area contributed by atoms with E-state index in [0.717, 1.165) is 12.8 Å². The van der Waals surface area contributed by atoms with Crippen molar-refractivity contribution in [2.45, 2.75) is 46.1 Å². The molecule has 4 nitrogen and oxygen atoms in total. The fourth-order valence-electron chi connectivity index (χ4n) is 3.22. The fourth-order valence-corrected chi connectivity index (χ4v) is 3.22. The molecule has 0 radical (unpaired) electrons. The third-order valence-electron chi connectivity index (χ3n) is 4.52. The SMILES string of the molecule is CC1CCC(C(C)C)C(OC(=O)c2ccc(N)cc2N)C1. The second-order valence-corrected chi connectivity index (χ2v) is 6.62. The predicted molar refractivity (Wildman–Crippen MR) is 85.8 cm³/mol. The van der Waals surface area contributed by atoms with Crippen molar-refractivity contribution < 1.29 is 9.53 Å². The number of carbonyl (C=O) groups excluding carboxylic acids is 1. The zero-order valence-corrected chi connectivity index (χ0v) is 13.1. The summed E-state index contributed by atoms with van der Waals surface area (Å²) in [6.45, 7) is 6.60. The molecule has 21 heavy (non-hydrogen) atoms. The van der Waals surface area contributed by atoms with Crippen LogP contribution in [-0.4, -0.2) is 12.1 Å². The molecule has 0 aromatic heterocycles. The summed E-state index contributed by atoms with van der Waals surface area (Å²) in [5, 5.41) is 0. The largest absolute Gasteiger partial charge is 0.458 e. The highest BCUT2D eigenvalue weighted by atomic mass is 16.5. The normalized spacial score (nSPS) is 25.8. The van der Waals surface area contributed by atoms with Crippen molar-refractivity contribution in [1.29, 1.82) is 0 Å². The van der Waals surface area contributed by atoms with Gasteiger partial charge in [0.2, 0.25) is 0 Å². The molecule has 2 rings (SSSR count). The van der Waals surface area contributed by atoms with Gasteiger partial charge in [-0.15, -0.1) is 0 Å². The van der Waals surface area contributed by atoms with Crippen molar-refractivity contribution in [3.63, 3.8) is 0 Å². The highest BCUT2D eigenvalue weighted by Gasteiger charge is 2.33. The summed E-state index contributed by atoms with van der Waals surface area (Å²) in [5.41, 5.74) is 12.9. The maximum atomic E-state index is 12.4. The number of benzene rings is 1. The van der Waals surface area contributed by atoms with Gasteiger partial charge in [0.1, 0.15) is 6.10 Å². The zero-order chi connectivity index (χ0) is 15.6. The Labute approximate surface area is 126 Å². The molecule has 3 unspecified atom stereocenters. The minimum Gasteiger partial charge on any atom is -0.458 e. The maximum absolute atomic E-state index is 12.4. The molecule has 0 saturated heterocycles. The maximum Gasteiger partial charge on any atom is 0.340 e. The first-order valence-corrected chi connectivity index (χ1v) is 7.74. The van der Waals surface area contributed by atoms with Crippen LogP contribution in [0.2, 0.25) is 0 Å². The number of esters is 1. The first kappa shape index (κ1) is 15.7. The van der Waals surface area contributed by atoms with Gasteiger partial charge in [-0.1, -0.05) is 27.2 Å². The molecule has 4 N–H and O–H groups in total. The number of nitrogen functional groups attached to an aromatic ring is 2. The van der Waals surface area contributed by atoms with Crippen LogP contribution in [0.1, 0.15) is 50.4 Å². The van der Waals surface area contributed by atoms with Crippen molar-refractivity contribution in [1.82, 2.24) is 0 Å². The Kier molecular flexibility index (Phi) is 4.76. The van der Waals surface area contributed by atoms with Gasteiger partial charge in [-0.3, -0.25) is 0 Å². The summed E-state index contributed by atoms with van der Waals surface area (Å²) in [6.07, 6.45) is 3.25. The van der Waals surface area contributed by atoms with Crippen molar-refractivity contribution >= 4 is 17.3 Å². The molecule has 4 heteroatoms. The number of rotatable bonds is 3. The first-order valence-electron chi connectivity index (χ1n) is 7.74. The van der Waals surface area contributed by atoms with Gasteiger partial charge in [0.15, 0.2) is 0 Å². The Hall–Kier alpha value is -1.71. The van der Waals surface area contributed by atoms with E-state index in [0.29, 0.717) is 34.7 Å². The van der Waals surface area contributed by atoms with Crippen LogP contribution in [0.5, 0.6) is 0 Å². The van der Waals surface area contributed by atoms with E-state index in [1.54, 1.807) is 18.2 Å². The van der Waals surface area contributed by atoms with Gasteiger partial charge in [-0.05, 0) is 48.8 Å². The number of nitrogens with two attached hydrogens (primary N) is 2. The van der Waals surface area contributed by atoms with E-state index < -0.39 is 0 Å². The topological polar surface area (TPSA) is 78.3 Å². The third-order valence-corrected chi connectivity index (χ3v) is 4.52. The summed E-state index contributed by atoms with van der Waals surface area (Å²) in [6, 6.07) is 4.92. The Balaban J connectivity index is 2.12. The van der Waals surface area contributed by atoms with Crippen molar-refractivity contribution in [2.24, 2.45) is 17.8 Å². The lowest BCUT2D eigenvalue weighted by Crippen LogP contribution is -2.36. The van der Waals surface area contributed by atoms with Crippen molar-refractivity contribution in [2.75, 3.05) is 11.5 Å². The summed E-state index contributed by atoms with van der Waals surface area (Å²) < 4.78 is 5.78. The number of ether oxygens (including phenoxy) is 1. The van der Waals surface area contributed by atoms with Crippen molar-refractivity contribution in [3.05, 3.63) is 23.8 Å². The number of carbonyl (C=O) groups is 1. The number of anilines is 2. The van der Waals surface area contributed by atoms with E-state index in [-0.39, 0.29) is 12.1 Å². The minimum absolute atomic E-state index is 0.0156. The molecule has 116 valence electrons. The van der Waals surface area contributed by atoms with Crippen LogP contribution >= 0.6 is 0 Å². The number of hydrogen-bond donors (Lipinski definition) is 2. The van der Waals surface area contributed by atoms with Gasteiger partial charge in [0.05, 0.1) is 5.56 Å². The Morgan fingerprint density at radius 1 is 1.29 bits per heavy atom. The molecule has 3 atom stereocenters. The van der Waals surface area contributed by atoms with Gasteiger partial charge < -0.3 is 16.2 Å². The molecule has 1 aromatic rings. The van der Waals surface area contributed by atoms with Crippen molar-refractivity contribution in [3.8, 4) is 0 Å². The van der Waals surface area contributed by atoms with Crippen LogP contribution in [0.15, 0.2) is 18.2 Å². The van der Waals surface area contributed by atoms with Gasteiger partial charge >= 0.3 is 5.97 Å². The molecule has 1 aliphatic carbocycles. The highest BCUT2D eigenvalue weighted by Crippen LogP contribution is 2.36. The van der Waals surface area contributed by atoms with E-state index in [1.807, 2.05) is 0 Å². The lowest BCUT2D eigenvalue weighted by atomic mass is 9.75. The van der Waals surface area contributed by atoms with Gasteiger partial charge in [-0.25, -0.2) is 4.79 Å². The Morgan fingerprint density at radius 3 is 2.62 bits per heavy atom. The predicted octanol–water partition coefficient (Wildman–Crippen LogP) is 3.47. The molecule has 0 bridgehead atoms. The van der Waals surface area contributed by atoms with E-state index in [4.69, 9.17) is 16.2 Å². The Bertz CT molecular complexity index is 514. The Morgan fingerprint density at radius 2 is 2.00 bits per heavy atom. The van der Waals surface area contributed by atoms with Crippen LogP contribution in [0.4, 0.5) is 11.4 Å². The molecule has 1 fully saturated rings. The summed E-state index contributed by atoms with van der Waals surface area (Å²) in [4.78, 5) is 12.4. The van der Waals surface area contributed by atoms with E-state index >= 15 is 0 Å². The molecule has 0 amide bonds. The first-order chi connectivity index (χ1) is 9.88. The summed E-state index contributed by atoms with van der Waals surface area (Å²) >= 11 is 0. The third kappa shape index (κ3) is 3.69. The zero-order valence-electron chi connectivity index (χ0n) is 13.1. The fraction of sp³-hybridized carbons (Fsp3) is 0.588. The average Bonchev–Trinajstić information content (AvgIpc) is 2.37. The average molecular weight is 290 g/mol. The summed E-state index contributed by atoms with van der Waals surface area (Å²) in [5.74, 6) is 1.21. The lowest BCUT2D eigenvalue weighted by Gasteiger charge is -2.36. The molecule has 0 spiro atoms. The molecule has 0 heterocycles. The molecular formula is C17H26N2O2. The monoisotopic (exact) mass is 290 g/mol. The van der Waals surface area contributed by atoms with Crippen LogP contribution < -0.4 is 11.5 Å². The van der Waals surface area contributed by atoms with Crippen LogP contribution in [0.3, 0.4) is 0 Å². The molecule has 1 saturated carbocycles. The lowest BCUT2D eigenvalue weighted by molar-refractivity contribution is -0.0173. The minimum atomic E-state index is -0.336. The molecular weight excluding hydrogens is 264 g/mol. The smallest absolute Gasteiger partial charge is 0.340 e. The second kappa shape index (κ2) is 6.37. The van der Waals surface area contributed by atoms with E-state index in [9.17, 15) is 4.79 Å². The highest BCUT2D eigenvalue weighted by molar-refractivity contribution is 5.95. The van der Waals surface area contributed by atoms with E-state index in [1.165, 1.54) is 6.42 Å². The molecule has 0 aliphatic heterocycles. The standard InChI is InChI=1S/C17H26N2O2/c1-10(2)13-6-4-11(3)8-16(13)21-17(20)14-7-5-12(18)9-15(14)19/h5,7,9-11,13,16H,4,6,8,18-19H2,1-3H3. The molecule has 1 aliphatic rings. The quantitative estimate of drug-likeness (QED) is 0.660. The van der Waals surface area contributed by atoms with Gasteiger partial charge in [0.25, 0.3) is 0 Å². The van der Waals surface area contributed by atoms with Crippen LogP contribution in [0, 0.1) is 17.8 Å². The summed E-state index contributed by atoms with van der Waals surface area (Å²) in [7, 11) is 0. The molecule has 1 aromatic carbocycles. The van der Waals surface area contributed by atoms with Gasteiger partial charge in [-0.2, -0.15) is 0 Å². The van der Waals surface area contributed by atoms with Gasteiger partial charge in [0, 0.05) is 11.4 Å². The van der Waals surface area contributed by atoms with Crippen LogP contribution in [0.25, 0.3) is 0 Å². The number of hydrogen-bond acceptors (Lipinski definition) is 4. The van der Waals surface area contributed by atoms with Crippen LogP contribution in [-0.2, 0) is 4.74 Å².